The van der Waals surface area contributed by atoms with Crippen LogP contribution >= 0.6 is 0 Å². The van der Waals surface area contributed by atoms with Crippen LogP contribution in [-0.2, 0) is 16.1 Å². The fourth-order valence-corrected chi connectivity index (χ4v) is 1.71. The van der Waals surface area contributed by atoms with Gasteiger partial charge in [0.1, 0.15) is 6.04 Å². The summed E-state index contributed by atoms with van der Waals surface area (Å²) in [6, 6.07) is 1.72. The van der Waals surface area contributed by atoms with Crippen molar-refractivity contribution in [3.05, 3.63) is 18.0 Å². The van der Waals surface area contributed by atoms with Crippen molar-refractivity contribution in [1.82, 2.24) is 15.1 Å². The second-order valence-electron chi connectivity index (χ2n) is 4.27. The summed E-state index contributed by atoms with van der Waals surface area (Å²) in [6.07, 6.45) is 3.62. The van der Waals surface area contributed by atoms with Gasteiger partial charge in [-0.15, -0.1) is 0 Å². The van der Waals surface area contributed by atoms with Crippen LogP contribution in [0.1, 0.15) is 32.4 Å². The number of hydrogen-bond donors (Lipinski definition) is 1. The number of aryl methyl sites for hydroxylation is 2. The van der Waals surface area contributed by atoms with E-state index in [0.29, 0.717) is 19.6 Å². The number of carbonyl (C=O) groups excluding carboxylic acids is 1. The molecule has 1 rings (SSSR count). The summed E-state index contributed by atoms with van der Waals surface area (Å²) in [5.74, 6) is -0.171. The van der Waals surface area contributed by atoms with E-state index in [4.69, 9.17) is 4.74 Å². The van der Waals surface area contributed by atoms with Gasteiger partial charge in [-0.1, -0.05) is 6.92 Å². The molecule has 0 saturated carbocycles. The number of aromatic nitrogens is 2. The average molecular weight is 253 g/mol. The lowest BCUT2D eigenvalue weighted by atomic mass is 10.2. The van der Waals surface area contributed by atoms with E-state index >= 15 is 0 Å². The fourth-order valence-electron chi connectivity index (χ4n) is 1.71. The van der Waals surface area contributed by atoms with Crippen molar-refractivity contribution < 1.29 is 9.53 Å². The summed E-state index contributed by atoms with van der Waals surface area (Å²) in [5.41, 5.74) is 0.990. The van der Waals surface area contributed by atoms with Gasteiger partial charge >= 0.3 is 5.97 Å². The van der Waals surface area contributed by atoms with Crippen LogP contribution in [0, 0.1) is 6.92 Å². The molecule has 0 bridgehead atoms. The van der Waals surface area contributed by atoms with Crippen LogP contribution in [0.15, 0.2) is 12.3 Å². The second-order valence-corrected chi connectivity index (χ2v) is 4.27. The Hall–Kier alpha value is -1.36. The van der Waals surface area contributed by atoms with Gasteiger partial charge in [0.25, 0.3) is 0 Å². The molecular weight excluding hydrogens is 230 g/mol. The van der Waals surface area contributed by atoms with Crippen molar-refractivity contribution in [3.8, 4) is 0 Å². The Kier molecular flexibility index (Phi) is 6.43. The van der Waals surface area contributed by atoms with Gasteiger partial charge in [0.05, 0.1) is 12.3 Å². The zero-order valence-electron chi connectivity index (χ0n) is 11.5. The summed E-state index contributed by atoms with van der Waals surface area (Å²) in [7, 11) is 0. The molecule has 102 valence electrons. The van der Waals surface area contributed by atoms with Crippen LogP contribution in [0.5, 0.6) is 0 Å². The zero-order valence-corrected chi connectivity index (χ0v) is 11.5. The molecule has 0 aliphatic rings. The summed E-state index contributed by atoms with van der Waals surface area (Å²) >= 11 is 0. The number of nitrogens with zero attached hydrogens (tertiary/aromatic N) is 2. The lowest BCUT2D eigenvalue weighted by Gasteiger charge is -2.16. The maximum Gasteiger partial charge on any atom is 0.323 e. The molecule has 0 fully saturated rings. The first kappa shape index (κ1) is 14.7. The lowest BCUT2D eigenvalue weighted by Crippen LogP contribution is -2.39. The maximum absolute atomic E-state index is 11.8. The van der Waals surface area contributed by atoms with E-state index in [2.05, 4.69) is 17.3 Å². The summed E-state index contributed by atoms with van der Waals surface area (Å²) in [4.78, 5) is 11.8. The molecule has 18 heavy (non-hydrogen) atoms. The van der Waals surface area contributed by atoms with Crippen molar-refractivity contribution in [2.45, 2.75) is 46.2 Å². The van der Waals surface area contributed by atoms with Gasteiger partial charge in [-0.25, -0.2) is 0 Å². The molecule has 1 atom stereocenters. The van der Waals surface area contributed by atoms with Crippen molar-refractivity contribution in [3.63, 3.8) is 0 Å². The van der Waals surface area contributed by atoms with E-state index in [0.717, 1.165) is 18.7 Å². The highest BCUT2D eigenvalue weighted by Crippen LogP contribution is 2.01. The molecule has 0 spiro atoms. The molecule has 0 aliphatic carbocycles. The Morgan fingerprint density at radius 2 is 2.33 bits per heavy atom. The van der Waals surface area contributed by atoms with Gasteiger partial charge in [-0.05, 0) is 39.3 Å². The normalized spacial score (nSPS) is 12.4. The maximum atomic E-state index is 11.8. The van der Waals surface area contributed by atoms with E-state index in [1.807, 2.05) is 30.8 Å². The number of carbonyl (C=O) groups is 1. The highest BCUT2D eigenvalue weighted by Gasteiger charge is 2.18. The fraction of sp³-hybridized carbons (Fsp3) is 0.692. The molecule has 0 aliphatic heterocycles. The minimum atomic E-state index is -0.241. The molecule has 1 unspecified atom stereocenters. The van der Waals surface area contributed by atoms with E-state index in [-0.39, 0.29) is 12.0 Å². The molecule has 5 nitrogen and oxygen atoms in total. The molecule has 1 aromatic heterocycles. The molecule has 1 N–H and O–H groups in total. The third-order valence-corrected chi connectivity index (χ3v) is 2.63. The summed E-state index contributed by atoms with van der Waals surface area (Å²) in [5, 5.41) is 7.52. The van der Waals surface area contributed by atoms with E-state index in [1.54, 1.807) is 0 Å². The molecule has 0 saturated heterocycles. The van der Waals surface area contributed by atoms with Gasteiger partial charge < -0.3 is 10.1 Å². The molecule has 5 heteroatoms. The molecule has 1 heterocycles. The third kappa shape index (κ3) is 4.87. The number of ether oxygens (including phenoxy) is 1. The molecule has 1 aromatic rings. The van der Waals surface area contributed by atoms with E-state index in [9.17, 15) is 4.79 Å². The van der Waals surface area contributed by atoms with Crippen LogP contribution in [0.25, 0.3) is 0 Å². The highest BCUT2D eigenvalue weighted by molar-refractivity contribution is 5.75. The quantitative estimate of drug-likeness (QED) is 0.714. The van der Waals surface area contributed by atoms with Crippen molar-refractivity contribution in [1.29, 1.82) is 0 Å². The molecule has 0 radical (unpaired) electrons. The van der Waals surface area contributed by atoms with Gasteiger partial charge in [0.15, 0.2) is 0 Å². The number of nitrogens with one attached hydrogen (secondary N) is 1. The Balaban J connectivity index is 2.46. The summed E-state index contributed by atoms with van der Waals surface area (Å²) in [6.45, 7) is 7.81. The molecule has 0 amide bonds. The van der Waals surface area contributed by atoms with Gasteiger partial charge in [-0.2, -0.15) is 5.10 Å². The first-order chi connectivity index (χ1) is 8.67. The van der Waals surface area contributed by atoms with Crippen molar-refractivity contribution >= 4 is 5.97 Å². The molecule has 0 aromatic carbocycles. The zero-order chi connectivity index (χ0) is 13.4. The topological polar surface area (TPSA) is 56.2 Å². The van der Waals surface area contributed by atoms with Crippen molar-refractivity contribution in [2.24, 2.45) is 0 Å². The molecular formula is C13H23N3O2. The minimum absolute atomic E-state index is 0.171. The number of hydrogen-bond acceptors (Lipinski definition) is 4. The first-order valence-corrected chi connectivity index (χ1v) is 6.57. The van der Waals surface area contributed by atoms with Crippen LogP contribution < -0.4 is 5.32 Å². The number of rotatable bonds is 8. The number of esters is 1. The monoisotopic (exact) mass is 253 g/mol. The predicted molar refractivity (Wildman–Crippen MR) is 70.3 cm³/mol. The van der Waals surface area contributed by atoms with E-state index < -0.39 is 0 Å². The van der Waals surface area contributed by atoms with Gasteiger partial charge in [0.2, 0.25) is 0 Å². The smallest absolute Gasteiger partial charge is 0.323 e. The first-order valence-electron chi connectivity index (χ1n) is 6.57. The summed E-state index contributed by atoms with van der Waals surface area (Å²) < 4.78 is 6.92. The van der Waals surface area contributed by atoms with Crippen LogP contribution in [-0.4, -0.2) is 34.9 Å². The van der Waals surface area contributed by atoms with Gasteiger partial charge in [0, 0.05) is 12.7 Å². The highest BCUT2D eigenvalue weighted by atomic mass is 16.5. The lowest BCUT2D eigenvalue weighted by molar-refractivity contribution is -0.145. The average Bonchev–Trinajstić information content (AvgIpc) is 2.75. The second kappa shape index (κ2) is 7.87. The third-order valence-electron chi connectivity index (χ3n) is 2.63. The Morgan fingerprint density at radius 1 is 1.56 bits per heavy atom. The SMILES string of the molecule is CCCNC(CCn1ccc(C)n1)C(=O)OCC. The standard InChI is InChI=1S/C13H23N3O2/c1-4-8-14-12(13(17)18-5-2)7-10-16-9-6-11(3)15-16/h6,9,12,14H,4-5,7-8,10H2,1-3H3. The largest absolute Gasteiger partial charge is 0.465 e. The Morgan fingerprint density at radius 3 is 2.89 bits per heavy atom. The van der Waals surface area contributed by atoms with Crippen LogP contribution in [0.3, 0.4) is 0 Å². The van der Waals surface area contributed by atoms with Crippen molar-refractivity contribution in [2.75, 3.05) is 13.2 Å². The van der Waals surface area contributed by atoms with Crippen LogP contribution in [0.4, 0.5) is 0 Å². The van der Waals surface area contributed by atoms with Gasteiger partial charge in [-0.3, -0.25) is 9.48 Å². The van der Waals surface area contributed by atoms with E-state index in [1.165, 1.54) is 0 Å². The Labute approximate surface area is 109 Å². The predicted octanol–water partition coefficient (Wildman–Crippen LogP) is 1.51. The van der Waals surface area contributed by atoms with Crippen LogP contribution in [0.2, 0.25) is 0 Å². The Bertz CT molecular complexity index is 363. The minimum Gasteiger partial charge on any atom is -0.465 e.